The molecule has 1 aromatic carbocycles. The van der Waals surface area contributed by atoms with Crippen LogP contribution in [-0.2, 0) is 36.0 Å². The Bertz CT molecular complexity index is 894. The molecule has 6 nitrogen and oxygen atoms in total. The Hall–Kier alpha value is -1.59. The molecule has 2 aliphatic rings. The Morgan fingerprint density at radius 1 is 1.32 bits per heavy atom. The van der Waals surface area contributed by atoms with Gasteiger partial charge in [-0.2, -0.15) is 4.98 Å². The summed E-state index contributed by atoms with van der Waals surface area (Å²) in [6, 6.07) is 1.21. The molecule has 0 amide bonds. The van der Waals surface area contributed by atoms with Gasteiger partial charge in [0.25, 0.3) is 0 Å². The van der Waals surface area contributed by atoms with Crippen LogP contribution in [0.1, 0.15) is 23.1 Å². The molecular weight excluding hydrogens is 393 g/mol. The summed E-state index contributed by atoms with van der Waals surface area (Å²) >= 11 is -1.21. The summed E-state index contributed by atoms with van der Waals surface area (Å²) in [7, 11) is 1.78. The first-order chi connectivity index (χ1) is 13.3. The zero-order valence-corrected chi connectivity index (χ0v) is 16.3. The predicted molar refractivity (Wildman–Crippen MR) is 96.5 cm³/mol. The van der Waals surface area contributed by atoms with Crippen LogP contribution in [0.4, 0.5) is 13.2 Å². The summed E-state index contributed by atoms with van der Waals surface area (Å²) in [6.07, 6.45) is -0.985. The highest BCUT2D eigenvalue weighted by Gasteiger charge is 2.45. The number of rotatable bonds is 3. The first-order valence-electron chi connectivity index (χ1n) is 8.86. The van der Waals surface area contributed by atoms with Gasteiger partial charge in [0, 0.05) is 36.9 Å². The van der Waals surface area contributed by atoms with Crippen molar-refractivity contribution in [3.63, 3.8) is 0 Å². The van der Waals surface area contributed by atoms with E-state index in [1.807, 2.05) is 4.90 Å². The fraction of sp³-hybridized carbons (Fsp3) is 0.500. The average Bonchev–Trinajstić information content (AvgIpc) is 3.19. The molecule has 0 radical (unpaired) electrons. The maximum absolute atomic E-state index is 15.2. The van der Waals surface area contributed by atoms with Crippen LogP contribution in [0.25, 0.3) is 0 Å². The molecule has 152 valence electrons. The van der Waals surface area contributed by atoms with Crippen LogP contribution < -0.4 is 5.73 Å². The molecule has 1 saturated heterocycles. The number of halogens is 3. The van der Waals surface area contributed by atoms with Crippen LogP contribution in [0.15, 0.2) is 23.4 Å². The van der Waals surface area contributed by atoms with E-state index < -0.39 is 47.2 Å². The van der Waals surface area contributed by atoms with E-state index in [2.05, 4.69) is 4.98 Å². The van der Waals surface area contributed by atoms with Crippen molar-refractivity contribution in [2.75, 3.05) is 12.9 Å². The normalized spacial score (nSPS) is 29.1. The summed E-state index contributed by atoms with van der Waals surface area (Å²) in [5, 5.41) is 0.486. The van der Waals surface area contributed by atoms with Crippen LogP contribution in [-0.4, -0.2) is 50.1 Å². The van der Waals surface area contributed by atoms with Gasteiger partial charge in [-0.05, 0) is 18.2 Å². The van der Waals surface area contributed by atoms with E-state index in [0.29, 0.717) is 18.2 Å². The SMILES string of the molecule is Cn1c([S+](C)[O-])nc2c1CN([C@H]1CO[C@H](c3cc(F)ccc3F)C(N)[C@H]1F)C2. The van der Waals surface area contributed by atoms with E-state index >= 15 is 4.39 Å². The molecule has 0 spiro atoms. The molecule has 1 fully saturated rings. The second-order valence-electron chi connectivity index (χ2n) is 7.21. The molecular formula is C18H21F3N4O2S. The Balaban J connectivity index is 1.51. The summed E-state index contributed by atoms with van der Waals surface area (Å²) < 4.78 is 61.9. The third kappa shape index (κ3) is 3.22. The Morgan fingerprint density at radius 3 is 2.75 bits per heavy atom. The van der Waals surface area contributed by atoms with Crippen molar-refractivity contribution in [2.24, 2.45) is 12.8 Å². The Labute approximate surface area is 163 Å². The second-order valence-corrected chi connectivity index (χ2v) is 8.49. The second kappa shape index (κ2) is 7.34. The van der Waals surface area contributed by atoms with Crippen molar-refractivity contribution in [3.05, 3.63) is 46.8 Å². The molecule has 3 heterocycles. The third-order valence-corrected chi connectivity index (χ3v) is 6.36. The summed E-state index contributed by atoms with van der Waals surface area (Å²) in [6.45, 7) is 0.812. The van der Waals surface area contributed by atoms with E-state index in [1.54, 1.807) is 17.9 Å². The van der Waals surface area contributed by atoms with Crippen LogP contribution in [0.3, 0.4) is 0 Å². The zero-order valence-electron chi connectivity index (χ0n) is 15.4. The quantitative estimate of drug-likeness (QED) is 0.771. The predicted octanol–water partition coefficient (Wildman–Crippen LogP) is 1.56. The Morgan fingerprint density at radius 2 is 2.07 bits per heavy atom. The van der Waals surface area contributed by atoms with Crippen molar-refractivity contribution in [1.29, 1.82) is 0 Å². The molecule has 2 N–H and O–H groups in total. The molecule has 10 heteroatoms. The molecule has 1 aromatic heterocycles. The number of alkyl halides is 1. The van der Waals surface area contributed by atoms with Gasteiger partial charge >= 0.3 is 5.16 Å². The molecule has 2 aliphatic heterocycles. The fourth-order valence-corrected chi connectivity index (χ4v) is 4.72. The highest BCUT2D eigenvalue weighted by Crippen LogP contribution is 2.36. The van der Waals surface area contributed by atoms with E-state index in [4.69, 9.17) is 10.5 Å². The van der Waals surface area contributed by atoms with Gasteiger partial charge in [0.05, 0.1) is 30.1 Å². The molecule has 0 saturated carbocycles. The van der Waals surface area contributed by atoms with Crippen molar-refractivity contribution in [3.8, 4) is 0 Å². The minimum absolute atomic E-state index is 0.00393. The topological polar surface area (TPSA) is 79.4 Å². The van der Waals surface area contributed by atoms with Crippen LogP contribution in [0.5, 0.6) is 0 Å². The summed E-state index contributed by atoms with van der Waals surface area (Å²) in [4.78, 5) is 6.26. The lowest BCUT2D eigenvalue weighted by Gasteiger charge is -2.41. The minimum atomic E-state index is -1.49. The van der Waals surface area contributed by atoms with E-state index in [-0.39, 0.29) is 12.2 Å². The van der Waals surface area contributed by atoms with Crippen LogP contribution in [0, 0.1) is 11.6 Å². The number of fused-ring (bicyclic) bond motifs is 1. The number of ether oxygens (including phenoxy) is 1. The maximum atomic E-state index is 15.2. The number of nitrogens with two attached hydrogens (primary N) is 1. The maximum Gasteiger partial charge on any atom is 0.323 e. The van der Waals surface area contributed by atoms with Gasteiger partial charge in [-0.3, -0.25) is 9.47 Å². The van der Waals surface area contributed by atoms with Crippen molar-refractivity contribution >= 4 is 11.2 Å². The first-order valence-corrected chi connectivity index (χ1v) is 10.4. The third-order valence-electron chi connectivity index (χ3n) is 5.48. The number of benzene rings is 1. The molecule has 0 bridgehead atoms. The summed E-state index contributed by atoms with van der Waals surface area (Å²) in [5.74, 6) is -1.31. The number of aromatic nitrogens is 2. The zero-order chi connectivity index (χ0) is 20.2. The molecule has 28 heavy (non-hydrogen) atoms. The van der Waals surface area contributed by atoms with Crippen LogP contribution in [0.2, 0.25) is 0 Å². The number of hydrogen-bond acceptors (Lipinski definition) is 5. The lowest BCUT2D eigenvalue weighted by Crippen LogP contribution is -2.57. The smallest absolute Gasteiger partial charge is 0.323 e. The lowest BCUT2D eigenvalue weighted by molar-refractivity contribution is -0.0934. The highest BCUT2D eigenvalue weighted by atomic mass is 32.2. The van der Waals surface area contributed by atoms with Gasteiger partial charge in [0.2, 0.25) is 0 Å². The standard InChI is InChI=1S/C18H21F3N4O2S/c1-24-13-7-25(6-12(13)23-18(24)28(2)26)14-8-27-17(16(22)15(14)21)10-5-9(19)3-4-11(10)20/h3-5,14-17H,6-8,22H2,1-2H3/t14-,15-,16?,17+,28?/m0/s1. The molecule has 2 unspecified atom stereocenters. The minimum Gasteiger partial charge on any atom is -0.609 e. The van der Waals surface area contributed by atoms with Gasteiger partial charge in [-0.1, -0.05) is 0 Å². The number of hydrogen-bond donors (Lipinski definition) is 1. The van der Waals surface area contributed by atoms with Crippen molar-refractivity contribution in [1.82, 2.24) is 14.5 Å². The molecule has 0 aliphatic carbocycles. The number of nitrogens with zero attached hydrogens (tertiary/aromatic N) is 3. The van der Waals surface area contributed by atoms with Gasteiger partial charge in [-0.15, -0.1) is 0 Å². The van der Waals surface area contributed by atoms with Crippen molar-refractivity contribution in [2.45, 2.75) is 42.6 Å². The highest BCUT2D eigenvalue weighted by molar-refractivity contribution is 7.90. The van der Waals surface area contributed by atoms with E-state index in [1.165, 1.54) is 0 Å². The monoisotopic (exact) mass is 414 g/mol. The average molecular weight is 414 g/mol. The summed E-state index contributed by atoms with van der Waals surface area (Å²) in [5.41, 5.74) is 7.59. The first kappa shape index (κ1) is 19.7. The fourth-order valence-electron chi connectivity index (χ4n) is 3.99. The van der Waals surface area contributed by atoms with Gasteiger partial charge in [0.15, 0.2) is 0 Å². The van der Waals surface area contributed by atoms with Gasteiger partial charge in [-0.25, -0.2) is 13.2 Å². The van der Waals surface area contributed by atoms with Crippen molar-refractivity contribution < 1.29 is 22.5 Å². The lowest BCUT2D eigenvalue weighted by atomic mass is 9.91. The Kier molecular flexibility index (Phi) is 5.17. The van der Waals surface area contributed by atoms with Crippen LogP contribution >= 0.6 is 0 Å². The van der Waals surface area contributed by atoms with E-state index in [9.17, 15) is 13.3 Å². The van der Waals surface area contributed by atoms with Gasteiger partial charge in [0.1, 0.15) is 30.2 Å². The van der Waals surface area contributed by atoms with Gasteiger partial charge < -0.3 is 15.0 Å². The van der Waals surface area contributed by atoms with E-state index in [0.717, 1.165) is 29.6 Å². The largest absolute Gasteiger partial charge is 0.609 e. The number of imidazole rings is 1. The molecule has 2 aromatic rings. The molecule has 4 rings (SSSR count). The molecule has 5 atom stereocenters.